The van der Waals surface area contributed by atoms with E-state index in [4.69, 9.17) is 11.0 Å². The highest BCUT2D eigenvalue weighted by Gasteiger charge is 2.20. The van der Waals surface area contributed by atoms with Crippen LogP contribution in [0.2, 0.25) is 0 Å². The van der Waals surface area contributed by atoms with Gasteiger partial charge in [-0.05, 0) is 13.0 Å². The fourth-order valence-electron chi connectivity index (χ4n) is 1.19. The minimum Gasteiger partial charge on any atom is -0.502 e. The molecule has 0 bridgehead atoms. The van der Waals surface area contributed by atoms with Crippen molar-refractivity contribution in [2.45, 2.75) is 13.0 Å². The number of nitro groups is 1. The normalized spacial score (nSPS) is 11.8. The van der Waals surface area contributed by atoms with Crippen molar-refractivity contribution < 1.29 is 10.0 Å². The van der Waals surface area contributed by atoms with Gasteiger partial charge in [-0.3, -0.25) is 10.1 Å². The highest BCUT2D eigenvalue weighted by Crippen LogP contribution is 2.33. The van der Waals surface area contributed by atoms with Gasteiger partial charge in [-0.2, -0.15) is 5.26 Å². The molecule has 78 valence electrons. The predicted octanol–water partition coefficient (Wildman–Crippen LogP) is 1.19. The van der Waals surface area contributed by atoms with E-state index in [0.29, 0.717) is 0 Å². The van der Waals surface area contributed by atoms with Gasteiger partial charge in [0.2, 0.25) is 0 Å². The topological polar surface area (TPSA) is 113 Å². The van der Waals surface area contributed by atoms with E-state index in [1.54, 1.807) is 13.0 Å². The Kier molecular flexibility index (Phi) is 2.87. The van der Waals surface area contributed by atoms with Crippen LogP contribution in [0.4, 0.5) is 5.69 Å². The number of aromatic hydroxyl groups is 1. The number of nitriles is 1. The molecule has 0 saturated carbocycles. The maximum atomic E-state index is 10.6. The summed E-state index contributed by atoms with van der Waals surface area (Å²) in [6.45, 7) is 1.57. The average Bonchev–Trinajstić information content (AvgIpc) is 2.17. The third-order valence-corrected chi connectivity index (χ3v) is 1.94. The summed E-state index contributed by atoms with van der Waals surface area (Å²) in [5.74, 6) is -0.478. The van der Waals surface area contributed by atoms with Gasteiger partial charge >= 0.3 is 5.69 Å². The smallest absolute Gasteiger partial charge is 0.312 e. The summed E-state index contributed by atoms with van der Waals surface area (Å²) in [5.41, 5.74) is 5.32. The number of benzene rings is 1. The third kappa shape index (κ3) is 2.03. The number of hydrogen-bond donors (Lipinski definition) is 2. The molecule has 3 N–H and O–H groups in total. The number of nitro benzene ring substituents is 1. The van der Waals surface area contributed by atoms with Gasteiger partial charge in [-0.15, -0.1) is 0 Å². The van der Waals surface area contributed by atoms with E-state index in [2.05, 4.69) is 0 Å². The van der Waals surface area contributed by atoms with E-state index >= 15 is 0 Å². The van der Waals surface area contributed by atoms with Crippen molar-refractivity contribution in [3.05, 3.63) is 33.4 Å². The molecule has 0 radical (unpaired) electrons. The maximum Gasteiger partial charge on any atom is 0.312 e. The van der Waals surface area contributed by atoms with Crippen molar-refractivity contribution in [3.63, 3.8) is 0 Å². The molecule has 0 amide bonds. The van der Waals surface area contributed by atoms with E-state index in [-0.39, 0.29) is 11.1 Å². The molecule has 0 aliphatic heterocycles. The summed E-state index contributed by atoms with van der Waals surface area (Å²) in [7, 11) is 0. The second kappa shape index (κ2) is 3.94. The predicted molar refractivity (Wildman–Crippen MR) is 52.1 cm³/mol. The molecule has 15 heavy (non-hydrogen) atoms. The van der Waals surface area contributed by atoms with Crippen molar-refractivity contribution in [3.8, 4) is 11.8 Å². The molecule has 0 aliphatic carbocycles. The first-order valence-corrected chi connectivity index (χ1v) is 4.14. The molecule has 0 spiro atoms. The minimum absolute atomic E-state index is 0.104. The second-order valence-corrected chi connectivity index (χ2v) is 3.09. The first kappa shape index (κ1) is 10.9. The Morgan fingerprint density at radius 3 is 2.67 bits per heavy atom. The van der Waals surface area contributed by atoms with Gasteiger partial charge in [0.15, 0.2) is 5.75 Å². The highest BCUT2D eigenvalue weighted by molar-refractivity contribution is 5.56. The van der Waals surface area contributed by atoms with Crippen molar-refractivity contribution in [2.75, 3.05) is 0 Å². The Labute approximate surface area is 85.7 Å². The lowest BCUT2D eigenvalue weighted by molar-refractivity contribution is -0.386. The Bertz CT molecular complexity index is 449. The average molecular weight is 207 g/mol. The molecule has 0 heterocycles. The van der Waals surface area contributed by atoms with Crippen LogP contribution in [0.15, 0.2) is 12.1 Å². The largest absolute Gasteiger partial charge is 0.502 e. The Balaban J connectivity index is 3.49. The molecule has 6 nitrogen and oxygen atoms in total. The van der Waals surface area contributed by atoms with Crippen LogP contribution < -0.4 is 5.73 Å². The van der Waals surface area contributed by atoms with Gasteiger partial charge in [-0.1, -0.05) is 0 Å². The zero-order valence-electron chi connectivity index (χ0n) is 7.97. The molecule has 0 fully saturated rings. The van der Waals surface area contributed by atoms with Gasteiger partial charge < -0.3 is 10.8 Å². The van der Waals surface area contributed by atoms with Crippen LogP contribution in [-0.2, 0) is 0 Å². The molecule has 1 aromatic rings. The van der Waals surface area contributed by atoms with Crippen LogP contribution in [0.1, 0.15) is 24.1 Å². The number of rotatable bonds is 2. The molecule has 1 rings (SSSR count). The molecule has 0 aromatic heterocycles. The Hall–Kier alpha value is -2.13. The van der Waals surface area contributed by atoms with Gasteiger partial charge in [0, 0.05) is 17.7 Å². The number of phenolic OH excluding ortho intramolecular Hbond substituents is 1. The van der Waals surface area contributed by atoms with Crippen LogP contribution in [0.3, 0.4) is 0 Å². The van der Waals surface area contributed by atoms with Gasteiger partial charge in [0.25, 0.3) is 0 Å². The van der Waals surface area contributed by atoms with Crippen LogP contribution >= 0.6 is 0 Å². The lowest BCUT2D eigenvalue weighted by Crippen LogP contribution is -2.06. The second-order valence-electron chi connectivity index (χ2n) is 3.09. The van der Waals surface area contributed by atoms with Crippen molar-refractivity contribution in [1.82, 2.24) is 0 Å². The summed E-state index contributed by atoms with van der Waals surface area (Å²) in [6, 6.07) is 3.56. The maximum absolute atomic E-state index is 10.6. The van der Waals surface area contributed by atoms with Crippen LogP contribution in [0.25, 0.3) is 0 Å². The minimum atomic E-state index is -0.748. The van der Waals surface area contributed by atoms with Gasteiger partial charge in [0.05, 0.1) is 16.6 Å². The standard InChI is InChI=1S/C9H9N3O3/c1-5(11)7-2-6(4-10)3-8(9(7)13)12(14)15/h2-3,5,13H,11H2,1H3/t5-/m0/s1. The van der Waals surface area contributed by atoms with Crippen molar-refractivity contribution >= 4 is 5.69 Å². The Morgan fingerprint density at radius 1 is 1.67 bits per heavy atom. The van der Waals surface area contributed by atoms with Gasteiger partial charge in [-0.25, -0.2) is 0 Å². The first-order valence-electron chi connectivity index (χ1n) is 4.14. The molecule has 6 heteroatoms. The number of nitrogens with two attached hydrogens (primary N) is 1. The SMILES string of the molecule is C[C@H](N)c1cc(C#N)cc([N+](=O)[O-])c1O. The van der Waals surface area contributed by atoms with E-state index in [0.717, 1.165) is 6.07 Å². The summed E-state index contributed by atoms with van der Waals surface area (Å²) in [5, 5.41) is 28.7. The lowest BCUT2D eigenvalue weighted by atomic mass is 10.0. The fraction of sp³-hybridized carbons (Fsp3) is 0.222. The molecular weight excluding hydrogens is 198 g/mol. The number of phenols is 1. The number of nitrogens with zero attached hydrogens (tertiary/aromatic N) is 2. The van der Waals surface area contributed by atoms with E-state index in [1.165, 1.54) is 6.07 Å². The van der Waals surface area contributed by atoms with E-state index < -0.39 is 22.4 Å². The van der Waals surface area contributed by atoms with Crippen molar-refractivity contribution in [1.29, 1.82) is 5.26 Å². The molecular formula is C9H9N3O3. The van der Waals surface area contributed by atoms with Crippen molar-refractivity contribution in [2.24, 2.45) is 5.73 Å². The van der Waals surface area contributed by atoms with Gasteiger partial charge in [0.1, 0.15) is 0 Å². The van der Waals surface area contributed by atoms with E-state index in [1.807, 2.05) is 0 Å². The first-order chi connectivity index (χ1) is 6.97. The highest BCUT2D eigenvalue weighted by atomic mass is 16.6. The number of hydrogen-bond acceptors (Lipinski definition) is 5. The molecule has 0 aliphatic rings. The van der Waals surface area contributed by atoms with Crippen LogP contribution in [0, 0.1) is 21.4 Å². The zero-order chi connectivity index (χ0) is 11.6. The molecule has 0 saturated heterocycles. The summed E-state index contributed by atoms with van der Waals surface area (Å²) in [4.78, 5) is 9.81. The summed E-state index contributed by atoms with van der Waals surface area (Å²) < 4.78 is 0. The van der Waals surface area contributed by atoms with Crippen LogP contribution in [-0.4, -0.2) is 10.0 Å². The van der Waals surface area contributed by atoms with E-state index in [9.17, 15) is 15.2 Å². The van der Waals surface area contributed by atoms with Crippen LogP contribution in [0.5, 0.6) is 5.75 Å². The summed E-state index contributed by atoms with van der Waals surface area (Å²) in [6.07, 6.45) is 0. The molecule has 1 atom stereocenters. The monoisotopic (exact) mass is 207 g/mol. The lowest BCUT2D eigenvalue weighted by Gasteiger charge is -2.08. The zero-order valence-corrected chi connectivity index (χ0v) is 7.97. The Morgan fingerprint density at radius 2 is 2.27 bits per heavy atom. The summed E-state index contributed by atoms with van der Waals surface area (Å²) >= 11 is 0. The fourth-order valence-corrected chi connectivity index (χ4v) is 1.19. The molecule has 0 unspecified atom stereocenters. The molecule has 1 aromatic carbocycles. The third-order valence-electron chi connectivity index (χ3n) is 1.94. The quantitative estimate of drug-likeness (QED) is 0.558.